The van der Waals surface area contributed by atoms with Crippen LogP contribution in [0, 0.1) is 0 Å². The summed E-state index contributed by atoms with van der Waals surface area (Å²) < 4.78 is 42.8. The van der Waals surface area contributed by atoms with Gasteiger partial charge in [0.05, 0.1) is 12.6 Å². The van der Waals surface area contributed by atoms with Gasteiger partial charge in [-0.1, -0.05) is 78.9 Å². The van der Waals surface area contributed by atoms with Gasteiger partial charge in [-0.05, 0) is 36.1 Å². The summed E-state index contributed by atoms with van der Waals surface area (Å²) in [6.45, 7) is -0.480. The molecule has 0 aliphatic heterocycles. The molecule has 0 spiro atoms. The Bertz CT molecular complexity index is 983. The summed E-state index contributed by atoms with van der Waals surface area (Å²) in [5.41, 5.74) is 1.74. The number of benzene rings is 3. The van der Waals surface area contributed by atoms with Crippen LogP contribution < -0.4 is 10.6 Å². The number of aliphatic hydroxyl groups is 1. The zero-order chi connectivity index (χ0) is 23.7. The van der Waals surface area contributed by atoms with Crippen LogP contribution in [0.1, 0.15) is 21.5 Å². The lowest BCUT2D eigenvalue weighted by molar-refractivity contribution is -0.164. The monoisotopic (exact) mass is 456 g/mol. The van der Waals surface area contributed by atoms with E-state index in [9.17, 15) is 23.1 Å². The third-order valence-corrected chi connectivity index (χ3v) is 5.37. The Morgan fingerprint density at radius 3 is 1.76 bits per heavy atom. The second-order valence-corrected chi connectivity index (χ2v) is 7.89. The van der Waals surface area contributed by atoms with Crippen LogP contribution in [0.15, 0.2) is 91.0 Å². The number of alkyl halides is 3. The Balaban J connectivity index is 1.87. The molecular formula is C26H27F3N2O2. The molecule has 3 aromatic carbocycles. The molecule has 4 nitrogen and oxygen atoms in total. The lowest BCUT2D eigenvalue weighted by Gasteiger charge is -2.33. The van der Waals surface area contributed by atoms with Crippen molar-refractivity contribution < 1.29 is 23.1 Å². The number of aliphatic hydroxyl groups excluding tert-OH is 1. The number of nitrogens with one attached hydrogen (secondary N) is 2. The molecule has 0 bridgehead atoms. The first-order chi connectivity index (χ1) is 15.9. The quantitative estimate of drug-likeness (QED) is 0.430. The minimum atomic E-state index is -4.66. The van der Waals surface area contributed by atoms with E-state index in [1.807, 2.05) is 6.07 Å². The van der Waals surface area contributed by atoms with E-state index in [-0.39, 0.29) is 18.4 Å². The summed E-state index contributed by atoms with van der Waals surface area (Å²) in [7, 11) is 0. The van der Waals surface area contributed by atoms with Crippen LogP contribution in [-0.2, 0) is 12.8 Å². The fourth-order valence-electron chi connectivity index (χ4n) is 3.73. The second-order valence-electron chi connectivity index (χ2n) is 7.89. The largest absolute Gasteiger partial charge is 0.405 e. The molecule has 3 atom stereocenters. The van der Waals surface area contributed by atoms with Gasteiger partial charge in [0.15, 0.2) is 0 Å². The predicted molar refractivity (Wildman–Crippen MR) is 122 cm³/mol. The number of amides is 1. The van der Waals surface area contributed by atoms with Crippen molar-refractivity contribution in [2.45, 2.75) is 37.1 Å². The van der Waals surface area contributed by atoms with Gasteiger partial charge in [-0.2, -0.15) is 13.2 Å². The van der Waals surface area contributed by atoms with Crippen molar-refractivity contribution in [3.8, 4) is 0 Å². The van der Waals surface area contributed by atoms with Gasteiger partial charge >= 0.3 is 6.18 Å². The number of halogens is 3. The van der Waals surface area contributed by atoms with Crippen molar-refractivity contribution in [1.29, 1.82) is 0 Å². The van der Waals surface area contributed by atoms with Crippen molar-refractivity contribution in [3.05, 3.63) is 108 Å². The fraction of sp³-hybridized carbons (Fsp3) is 0.269. The van der Waals surface area contributed by atoms with E-state index < -0.39 is 36.8 Å². The van der Waals surface area contributed by atoms with Gasteiger partial charge in [-0.3, -0.25) is 10.1 Å². The zero-order valence-corrected chi connectivity index (χ0v) is 18.0. The van der Waals surface area contributed by atoms with Crippen molar-refractivity contribution in [2.75, 3.05) is 6.61 Å². The average Bonchev–Trinajstić information content (AvgIpc) is 2.82. The molecule has 0 saturated carbocycles. The molecule has 174 valence electrons. The minimum Gasteiger partial charge on any atom is -0.395 e. The van der Waals surface area contributed by atoms with Crippen LogP contribution in [0.4, 0.5) is 13.2 Å². The Morgan fingerprint density at radius 2 is 1.27 bits per heavy atom. The summed E-state index contributed by atoms with van der Waals surface area (Å²) in [5.74, 6) is -0.587. The predicted octanol–water partition coefficient (Wildman–Crippen LogP) is 4.15. The zero-order valence-electron chi connectivity index (χ0n) is 18.0. The molecule has 0 radical (unpaired) electrons. The van der Waals surface area contributed by atoms with Crippen molar-refractivity contribution in [3.63, 3.8) is 0 Å². The Labute approximate surface area is 191 Å². The smallest absolute Gasteiger partial charge is 0.395 e. The molecule has 7 heteroatoms. The van der Waals surface area contributed by atoms with Gasteiger partial charge in [-0.15, -0.1) is 0 Å². The number of hydrogen-bond donors (Lipinski definition) is 3. The highest BCUT2D eigenvalue weighted by Crippen LogP contribution is 2.26. The molecule has 33 heavy (non-hydrogen) atoms. The highest BCUT2D eigenvalue weighted by Gasteiger charge is 2.46. The molecule has 2 unspecified atom stereocenters. The number of carbonyl (C=O) groups is 1. The molecule has 0 aromatic heterocycles. The Morgan fingerprint density at radius 1 is 0.788 bits per heavy atom. The van der Waals surface area contributed by atoms with E-state index in [0.717, 1.165) is 5.56 Å². The number of carbonyl (C=O) groups excluding carboxylic acids is 1. The van der Waals surface area contributed by atoms with E-state index in [2.05, 4.69) is 10.6 Å². The molecule has 0 heterocycles. The fourth-order valence-corrected chi connectivity index (χ4v) is 3.73. The summed E-state index contributed by atoms with van der Waals surface area (Å²) in [5, 5.41) is 15.0. The molecule has 0 fully saturated rings. The maximum atomic E-state index is 14.3. The van der Waals surface area contributed by atoms with Gasteiger partial charge in [0.25, 0.3) is 5.91 Å². The minimum absolute atomic E-state index is 0.0277. The summed E-state index contributed by atoms with van der Waals surface area (Å²) in [6, 6.07) is 21.7. The van der Waals surface area contributed by atoms with Crippen molar-refractivity contribution >= 4 is 5.91 Å². The molecule has 3 aromatic rings. The van der Waals surface area contributed by atoms with Crippen LogP contribution >= 0.6 is 0 Å². The Kier molecular flexibility index (Phi) is 8.63. The molecular weight excluding hydrogens is 429 g/mol. The summed E-state index contributed by atoms with van der Waals surface area (Å²) in [6.07, 6.45) is -4.47. The molecule has 3 N–H and O–H groups in total. The molecule has 3 rings (SSSR count). The third kappa shape index (κ3) is 7.44. The van der Waals surface area contributed by atoms with Crippen molar-refractivity contribution in [2.24, 2.45) is 0 Å². The SMILES string of the molecule is O=C(NC(Cc1ccccc1)C(N[C@H](CO)Cc1ccccc1)C(F)(F)F)c1ccccc1. The first kappa shape index (κ1) is 24.5. The maximum Gasteiger partial charge on any atom is 0.405 e. The highest BCUT2D eigenvalue weighted by atomic mass is 19.4. The van der Waals surface area contributed by atoms with Crippen LogP contribution in [-0.4, -0.2) is 41.9 Å². The standard InChI is InChI=1S/C26H27F3N2O2/c27-26(28,29)24(30-22(18-32)16-19-10-4-1-5-11-19)23(17-20-12-6-2-7-13-20)31-25(33)21-14-8-3-9-15-21/h1-15,22-24,30,32H,16-18H2,(H,31,33)/t22-,23?,24?/m0/s1. The van der Waals surface area contributed by atoms with Crippen LogP contribution in [0.2, 0.25) is 0 Å². The van der Waals surface area contributed by atoms with Crippen molar-refractivity contribution in [1.82, 2.24) is 10.6 Å². The lowest BCUT2D eigenvalue weighted by Crippen LogP contribution is -2.61. The van der Waals surface area contributed by atoms with Crippen LogP contribution in [0.25, 0.3) is 0 Å². The summed E-state index contributed by atoms with van der Waals surface area (Å²) >= 11 is 0. The lowest BCUT2D eigenvalue weighted by atomic mass is 9.96. The summed E-state index contributed by atoms with van der Waals surface area (Å²) in [4.78, 5) is 12.8. The topological polar surface area (TPSA) is 61.4 Å². The number of rotatable bonds is 10. The second kappa shape index (κ2) is 11.6. The van der Waals surface area contributed by atoms with Gasteiger partial charge in [0.1, 0.15) is 6.04 Å². The molecule has 1 amide bonds. The molecule has 0 aliphatic rings. The van der Waals surface area contributed by atoms with Crippen LogP contribution in [0.3, 0.4) is 0 Å². The molecule has 0 aliphatic carbocycles. The first-order valence-corrected chi connectivity index (χ1v) is 10.7. The van der Waals surface area contributed by atoms with E-state index in [1.54, 1.807) is 84.9 Å². The van der Waals surface area contributed by atoms with E-state index in [1.165, 1.54) is 0 Å². The van der Waals surface area contributed by atoms with Gasteiger partial charge in [-0.25, -0.2) is 0 Å². The van der Waals surface area contributed by atoms with Gasteiger partial charge < -0.3 is 10.4 Å². The van der Waals surface area contributed by atoms with E-state index >= 15 is 0 Å². The number of hydrogen-bond acceptors (Lipinski definition) is 3. The first-order valence-electron chi connectivity index (χ1n) is 10.7. The van der Waals surface area contributed by atoms with Gasteiger partial charge in [0.2, 0.25) is 0 Å². The molecule has 0 saturated heterocycles. The highest BCUT2D eigenvalue weighted by molar-refractivity contribution is 5.94. The van der Waals surface area contributed by atoms with E-state index in [0.29, 0.717) is 5.56 Å². The normalized spacial score (nSPS) is 14.3. The maximum absolute atomic E-state index is 14.3. The van der Waals surface area contributed by atoms with Crippen LogP contribution in [0.5, 0.6) is 0 Å². The third-order valence-electron chi connectivity index (χ3n) is 5.37. The average molecular weight is 457 g/mol. The Hall–Kier alpha value is -3.16. The van der Waals surface area contributed by atoms with Gasteiger partial charge in [0, 0.05) is 11.6 Å². The van der Waals surface area contributed by atoms with E-state index in [4.69, 9.17) is 0 Å².